The van der Waals surface area contributed by atoms with Crippen LogP contribution in [0.4, 0.5) is 17.2 Å². The Morgan fingerprint density at radius 3 is 2.76 bits per heavy atom. The zero-order chi connectivity index (χ0) is 18.4. The Morgan fingerprint density at radius 1 is 1.36 bits per heavy atom. The molecule has 0 radical (unpaired) electrons. The number of non-ortho nitro benzene ring substituents is 1. The standard InChI is InChI=1S/C14H13N5O6/c1-2-25-12-7-10(18(21)22)6-9(13(12)20)8-16-17-14-11(19(23)24)4-3-5-15-14/h3-8,20H,2H2,1H3,(H,15,17)/b16-8-. The lowest BCUT2D eigenvalue weighted by Crippen LogP contribution is -2.00. The van der Waals surface area contributed by atoms with Crippen LogP contribution in [0.5, 0.6) is 11.5 Å². The van der Waals surface area contributed by atoms with E-state index in [0.29, 0.717) is 0 Å². The molecule has 130 valence electrons. The van der Waals surface area contributed by atoms with E-state index < -0.39 is 9.85 Å². The fourth-order valence-electron chi connectivity index (χ4n) is 1.88. The van der Waals surface area contributed by atoms with Crippen molar-refractivity contribution in [2.75, 3.05) is 12.0 Å². The maximum atomic E-state index is 11.0. The third-order valence-electron chi connectivity index (χ3n) is 2.96. The minimum atomic E-state index is -0.643. The molecule has 0 amide bonds. The van der Waals surface area contributed by atoms with Crippen LogP contribution in [-0.2, 0) is 0 Å². The summed E-state index contributed by atoms with van der Waals surface area (Å²) in [6.07, 6.45) is 2.41. The number of nitrogens with zero attached hydrogens (tertiary/aromatic N) is 4. The number of hydrazone groups is 1. The van der Waals surface area contributed by atoms with Crippen LogP contribution in [0, 0.1) is 20.2 Å². The lowest BCUT2D eigenvalue weighted by Gasteiger charge is -2.08. The van der Waals surface area contributed by atoms with Gasteiger partial charge in [-0.3, -0.25) is 25.7 Å². The molecule has 0 saturated heterocycles. The predicted molar refractivity (Wildman–Crippen MR) is 88.0 cm³/mol. The Bertz CT molecular complexity index is 838. The van der Waals surface area contributed by atoms with E-state index in [0.717, 1.165) is 18.3 Å². The number of nitro benzene ring substituents is 1. The number of ether oxygens (including phenoxy) is 1. The Balaban J connectivity index is 2.32. The molecule has 1 heterocycles. The van der Waals surface area contributed by atoms with Crippen molar-refractivity contribution in [2.45, 2.75) is 6.92 Å². The van der Waals surface area contributed by atoms with Gasteiger partial charge in [0.05, 0.1) is 28.7 Å². The summed E-state index contributed by atoms with van der Waals surface area (Å²) >= 11 is 0. The highest BCUT2D eigenvalue weighted by Gasteiger charge is 2.17. The zero-order valence-corrected chi connectivity index (χ0v) is 12.9. The van der Waals surface area contributed by atoms with Gasteiger partial charge in [0.15, 0.2) is 11.5 Å². The van der Waals surface area contributed by atoms with Gasteiger partial charge in [-0.05, 0) is 13.0 Å². The summed E-state index contributed by atoms with van der Waals surface area (Å²) in [5.41, 5.74) is 1.78. The molecule has 0 aliphatic heterocycles. The molecule has 2 N–H and O–H groups in total. The number of anilines is 1. The Morgan fingerprint density at radius 2 is 2.12 bits per heavy atom. The van der Waals surface area contributed by atoms with E-state index in [1.807, 2.05) is 0 Å². The van der Waals surface area contributed by atoms with Crippen molar-refractivity contribution in [1.29, 1.82) is 0 Å². The van der Waals surface area contributed by atoms with Gasteiger partial charge in [-0.2, -0.15) is 5.10 Å². The van der Waals surface area contributed by atoms with Gasteiger partial charge in [-0.1, -0.05) is 0 Å². The van der Waals surface area contributed by atoms with Crippen LogP contribution < -0.4 is 10.2 Å². The molecule has 0 spiro atoms. The minimum Gasteiger partial charge on any atom is -0.504 e. The number of phenols is 1. The maximum absolute atomic E-state index is 11.0. The van der Waals surface area contributed by atoms with Crippen LogP contribution in [0.15, 0.2) is 35.6 Å². The quantitative estimate of drug-likeness (QED) is 0.440. The average Bonchev–Trinajstić information content (AvgIpc) is 2.58. The van der Waals surface area contributed by atoms with E-state index in [2.05, 4.69) is 15.5 Å². The van der Waals surface area contributed by atoms with Crippen molar-refractivity contribution in [2.24, 2.45) is 5.10 Å². The first kappa shape index (κ1) is 17.6. The van der Waals surface area contributed by atoms with Crippen molar-refractivity contribution < 1.29 is 19.7 Å². The number of aromatic hydroxyl groups is 1. The van der Waals surface area contributed by atoms with Gasteiger partial charge in [0.25, 0.3) is 5.69 Å². The number of hydrogen-bond acceptors (Lipinski definition) is 9. The lowest BCUT2D eigenvalue weighted by atomic mass is 10.1. The zero-order valence-electron chi connectivity index (χ0n) is 12.9. The van der Waals surface area contributed by atoms with Crippen LogP contribution in [-0.4, -0.2) is 32.8 Å². The number of nitro groups is 2. The molecule has 2 aromatic rings. The van der Waals surface area contributed by atoms with Crippen molar-refractivity contribution in [3.63, 3.8) is 0 Å². The molecular formula is C14H13N5O6. The molecule has 25 heavy (non-hydrogen) atoms. The molecule has 11 nitrogen and oxygen atoms in total. The number of benzene rings is 1. The second-order valence-corrected chi connectivity index (χ2v) is 4.57. The highest BCUT2D eigenvalue weighted by atomic mass is 16.6. The van der Waals surface area contributed by atoms with Crippen molar-refractivity contribution in [1.82, 2.24) is 4.98 Å². The molecule has 11 heteroatoms. The summed E-state index contributed by atoms with van der Waals surface area (Å²) < 4.78 is 5.15. The highest BCUT2D eigenvalue weighted by molar-refractivity contribution is 5.86. The number of nitrogens with one attached hydrogen (secondary N) is 1. The second kappa shape index (κ2) is 7.68. The summed E-state index contributed by atoms with van der Waals surface area (Å²) in [5.74, 6) is -0.519. The summed E-state index contributed by atoms with van der Waals surface area (Å²) in [4.78, 5) is 24.4. The van der Waals surface area contributed by atoms with Crippen LogP contribution in [0.25, 0.3) is 0 Å². The molecule has 0 unspecified atom stereocenters. The predicted octanol–water partition coefficient (Wildman–Crippen LogP) is 2.45. The molecule has 0 aliphatic rings. The first-order valence-electron chi connectivity index (χ1n) is 6.96. The van der Waals surface area contributed by atoms with Gasteiger partial charge in [0.2, 0.25) is 5.82 Å². The number of pyridine rings is 1. The normalized spacial score (nSPS) is 10.6. The molecule has 0 atom stereocenters. The van der Waals surface area contributed by atoms with Crippen molar-refractivity contribution in [3.8, 4) is 11.5 Å². The van der Waals surface area contributed by atoms with E-state index in [-0.39, 0.29) is 40.9 Å². The Labute approximate surface area is 140 Å². The minimum absolute atomic E-state index is 0.00346. The number of phenolic OH excluding ortho intramolecular Hbond substituents is 1. The van der Waals surface area contributed by atoms with E-state index in [9.17, 15) is 25.3 Å². The molecule has 2 rings (SSSR count). The molecule has 0 bridgehead atoms. The van der Waals surface area contributed by atoms with E-state index in [4.69, 9.17) is 4.74 Å². The van der Waals surface area contributed by atoms with E-state index >= 15 is 0 Å². The topological polar surface area (TPSA) is 153 Å². The largest absolute Gasteiger partial charge is 0.504 e. The lowest BCUT2D eigenvalue weighted by molar-refractivity contribution is -0.385. The average molecular weight is 347 g/mol. The fraction of sp³-hybridized carbons (Fsp3) is 0.143. The van der Waals surface area contributed by atoms with Crippen LogP contribution >= 0.6 is 0 Å². The van der Waals surface area contributed by atoms with Gasteiger partial charge >= 0.3 is 5.69 Å². The SMILES string of the molecule is CCOc1cc([N+](=O)[O-])cc(/C=N\Nc2ncccc2[N+](=O)[O-])c1O. The van der Waals surface area contributed by atoms with Gasteiger partial charge in [-0.25, -0.2) is 4.98 Å². The van der Waals surface area contributed by atoms with Crippen molar-refractivity contribution >= 4 is 23.4 Å². The molecule has 1 aromatic carbocycles. The molecule has 0 saturated carbocycles. The van der Waals surface area contributed by atoms with E-state index in [1.54, 1.807) is 6.92 Å². The number of hydrogen-bond donors (Lipinski definition) is 2. The van der Waals surface area contributed by atoms with E-state index in [1.165, 1.54) is 18.3 Å². The monoisotopic (exact) mass is 347 g/mol. The third-order valence-corrected chi connectivity index (χ3v) is 2.96. The van der Waals surface area contributed by atoms with Gasteiger partial charge < -0.3 is 9.84 Å². The smallest absolute Gasteiger partial charge is 0.313 e. The first-order chi connectivity index (χ1) is 11.9. The summed E-state index contributed by atoms with van der Waals surface area (Å²) in [5, 5.41) is 35.7. The first-order valence-corrected chi connectivity index (χ1v) is 6.96. The highest BCUT2D eigenvalue weighted by Crippen LogP contribution is 2.34. The molecular weight excluding hydrogens is 334 g/mol. The molecule has 0 aliphatic carbocycles. The third kappa shape index (κ3) is 4.16. The summed E-state index contributed by atoms with van der Waals surface area (Å²) in [6, 6.07) is 4.82. The Hall–Kier alpha value is -3.76. The second-order valence-electron chi connectivity index (χ2n) is 4.57. The molecule has 0 fully saturated rings. The fourth-order valence-corrected chi connectivity index (χ4v) is 1.88. The van der Waals surface area contributed by atoms with Gasteiger partial charge in [-0.15, -0.1) is 0 Å². The Kier molecular flexibility index (Phi) is 5.40. The van der Waals surface area contributed by atoms with Crippen LogP contribution in [0.2, 0.25) is 0 Å². The summed E-state index contributed by atoms with van der Waals surface area (Å²) in [7, 11) is 0. The van der Waals surface area contributed by atoms with Crippen LogP contribution in [0.3, 0.4) is 0 Å². The maximum Gasteiger partial charge on any atom is 0.313 e. The number of aromatic nitrogens is 1. The van der Waals surface area contributed by atoms with Gasteiger partial charge in [0, 0.05) is 23.9 Å². The van der Waals surface area contributed by atoms with Crippen molar-refractivity contribution in [3.05, 3.63) is 56.3 Å². The van der Waals surface area contributed by atoms with Crippen LogP contribution in [0.1, 0.15) is 12.5 Å². The van der Waals surface area contributed by atoms with Gasteiger partial charge in [0.1, 0.15) is 0 Å². The summed E-state index contributed by atoms with van der Waals surface area (Å²) in [6.45, 7) is 1.86. The molecule has 1 aromatic heterocycles. The number of rotatable bonds is 7.